The Labute approximate surface area is 208 Å². The van der Waals surface area contributed by atoms with Crippen LogP contribution < -0.4 is 25.2 Å². The standard InChI is InChI=1S/C24H22F3N3O7/c1-29-11-9-18(31)21(22(29)34)30(23(35)28-10-8-20(32)33)15-6-7-19(37-24(25,26)27)17(13-15)14-4-3-5-16(12-14)36-2/h3-7,9,11-13,31H,8,10H2,1-2H3,(H,28,35)(H,32,33). The summed E-state index contributed by atoms with van der Waals surface area (Å²) < 4.78 is 49.8. The zero-order valence-corrected chi connectivity index (χ0v) is 19.6. The topological polar surface area (TPSA) is 130 Å². The number of nitrogens with zero attached hydrogens (tertiary/aromatic N) is 2. The van der Waals surface area contributed by atoms with E-state index in [-0.39, 0.29) is 23.4 Å². The quantitative estimate of drug-likeness (QED) is 0.409. The van der Waals surface area contributed by atoms with Crippen molar-refractivity contribution in [3.8, 4) is 28.4 Å². The van der Waals surface area contributed by atoms with Gasteiger partial charge in [0.15, 0.2) is 5.69 Å². The second-order valence-electron chi connectivity index (χ2n) is 7.64. The SMILES string of the molecule is COc1cccc(-c2cc(N(C(=O)NCCC(=O)O)c3c(O)ccn(C)c3=O)ccc2OC(F)(F)F)c1. The number of urea groups is 1. The number of hydrogen-bond acceptors (Lipinski definition) is 6. The number of rotatable bonds is 8. The molecule has 196 valence electrons. The average molecular weight is 521 g/mol. The van der Waals surface area contributed by atoms with Gasteiger partial charge in [-0.2, -0.15) is 0 Å². The molecule has 37 heavy (non-hydrogen) atoms. The molecular weight excluding hydrogens is 499 g/mol. The van der Waals surface area contributed by atoms with Gasteiger partial charge in [-0.05, 0) is 42.0 Å². The summed E-state index contributed by atoms with van der Waals surface area (Å²) in [6, 6.07) is 9.41. The number of aromatic nitrogens is 1. The normalized spacial score (nSPS) is 11.1. The van der Waals surface area contributed by atoms with Crippen LogP contribution in [-0.2, 0) is 11.8 Å². The number of alkyl halides is 3. The number of nitrogens with one attached hydrogen (secondary N) is 1. The summed E-state index contributed by atoms with van der Waals surface area (Å²) in [5.41, 5.74) is -1.29. The molecule has 3 rings (SSSR count). The van der Waals surface area contributed by atoms with Crippen molar-refractivity contribution in [3.63, 3.8) is 0 Å². The molecule has 1 heterocycles. The van der Waals surface area contributed by atoms with Crippen LogP contribution in [0.15, 0.2) is 59.5 Å². The number of anilines is 2. The van der Waals surface area contributed by atoms with E-state index in [0.29, 0.717) is 5.75 Å². The summed E-state index contributed by atoms with van der Waals surface area (Å²) in [7, 11) is 2.74. The zero-order valence-electron chi connectivity index (χ0n) is 19.6. The second kappa shape index (κ2) is 10.9. The van der Waals surface area contributed by atoms with Crippen molar-refractivity contribution in [2.24, 2.45) is 7.05 Å². The first-order valence-corrected chi connectivity index (χ1v) is 10.6. The molecule has 0 fully saturated rings. The van der Waals surface area contributed by atoms with E-state index in [1.807, 2.05) is 0 Å². The average Bonchev–Trinajstić information content (AvgIpc) is 2.83. The van der Waals surface area contributed by atoms with Crippen molar-refractivity contribution in [1.82, 2.24) is 9.88 Å². The molecule has 0 atom stereocenters. The molecule has 1 aromatic heterocycles. The van der Waals surface area contributed by atoms with Crippen molar-refractivity contribution < 1.29 is 42.4 Å². The van der Waals surface area contributed by atoms with Crippen LogP contribution in [0, 0.1) is 0 Å². The maximum atomic E-state index is 13.1. The Morgan fingerprint density at radius 3 is 2.51 bits per heavy atom. The molecule has 0 unspecified atom stereocenters. The lowest BCUT2D eigenvalue weighted by molar-refractivity contribution is -0.274. The highest BCUT2D eigenvalue weighted by Gasteiger charge is 2.33. The number of carboxylic acids is 1. The summed E-state index contributed by atoms with van der Waals surface area (Å²) in [5.74, 6) is -2.05. The van der Waals surface area contributed by atoms with Gasteiger partial charge in [-0.3, -0.25) is 14.5 Å². The number of benzene rings is 2. The third-order valence-corrected chi connectivity index (χ3v) is 5.09. The second-order valence-corrected chi connectivity index (χ2v) is 7.64. The number of ether oxygens (including phenoxy) is 2. The van der Waals surface area contributed by atoms with E-state index >= 15 is 0 Å². The monoisotopic (exact) mass is 521 g/mol. The molecule has 0 saturated heterocycles. The Kier molecular flexibility index (Phi) is 7.95. The number of amides is 2. The number of carboxylic acid groups (broad SMARTS) is 1. The maximum Gasteiger partial charge on any atom is 0.573 e. The van der Waals surface area contributed by atoms with Crippen LogP contribution in [0.1, 0.15) is 6.42 Å². The van der Waals surface area contributed by atoms with E-state index in [0.717, 1.165) is 27.7 Å². The first kappa shape index (κ1) is 26.9. The number of methoxy groups -OCH3 is 1. The van der Waals surface area contributed by atoms with E-state index in [2.05, 4.69) is 10.1 Å². The molecule has 0 saturated carbocycles. The lowest BCUT2D eigenvalue weighted by Gasteiger charge is -2.25. The summed E-state index contributed by atoms with van der Waals surface area (Å²) >= 11 is 0. The number of hydrogen-bond donors (Lipinski definition) is 3. The highest BCUT2D eigenvalue weighted by atomic mass is 19.4. The highest BCUT2D eigenvalue weighted by Crippen LogP contribution is 2.40. The lowest BCUT2D eigenvalue weighted by Crippen LogP contribution is -2.41. The fourth-order valence-electron chi connectivity index (χ4n) is 3.41. The molecule has 0 aliphatic rings. The zero-order chi connectivity index (χ0) is 27.3. The molecule has 3 aromatic rings. The predicted octanol–water partition coefficient (Wildman–Crippen LogP) is 3.99. The molecule has 2 aromatic carbocycles. The number of pyridine rings is 1. The summed E-state index contributed by atoms with van der Waals surface area (Å²) in [5, 5.41) is 21.7. The fraction of sp³-hybridized carbons (Fsp3) is 0.208. The molecule has 2 amide bonds. The minimum atomic E-state index is -5.03. The molecule has 0 aliphatic carbocycles. The number of carbonyl (C=O) groups is 2. The Hall–Kier alpha value is -4.68. The van der Waals surface area contributed by atoms with Gasteiger partial charge in [0.25, 0.3) is 5.56 Å². The number of aromatic hydroxyl groups is 1. The Morgan fingerprint density at radius 1 is 1.14 bits per heavy atom. The van der Waals surface area contributed by atoms with E-state index in [4.69, 9.17) is 9.84 Å². The first-order valence-electron chi connectivity index (χ1n) is 10.6. The molecule has 0 aliphatic heterocycles. The molecule has 0 radical (unpaired) electrons. The summed E-state index contributed by atoms with van der Waals surface area (Å²) in [6.07, 6.45) is -4.22. The van der Waals surface area contributed by atoms with Crippen molar-refractivity contribution in [2.45, 2.75) is 12.8 Å². The summed E-state index contributed by atoms with van der Waals surface area (Å²) in [4.78, 5) is 37.6. The van der Waals surface area contributed by atoms with Crippen LogP contribution in [0.4, 0.5) is 29.3 Å². The van der Waals surface area contributed by atoms with Crippen LogP contribution >= 0.6 is 0 Å². The van der Waals surface area contributed by atoms with Gasteiger partial charge in [-0.25, -0.2) is 4.79 Å². The number of halogens is 3. The maximum absolute atomic E-state index is 13.1. The largest absolute Gasteiger partial charge is 0.573 e. The van der Waals surface area contributed by atoms with E-state index in [1.165, 1.54) is 44.6 Å². The number of aryl methyl sites for hydroxylation is 1. The van der Waals surface area contributed by atoms with E-state index < -0.39 is 47.5 Å². The smallest absolute Gasteiger partial charge is 0.505 e. The first-order chi connectivity index (χ1) is 17.4. The van der Waals surface area contributed by atoms with Crippen LogP contribution in [0.25, 0.3) is 11.1 Å². The summed E-state index contributed by atoms with van der Waals surface area (Å²) in [6.45, 7) is -0.323. The van der Waals surface area contributed by atoms with Crippen molar-refractivity contribution in [3.05, 3.63) is 65.1 Å². The minimum Gasteiger partial charge on any atom is -0.505 e. The third kappa shape index (κ3) is 6.51. The molecule has 10 nitrogen and oxygen atoms in total. The van der Waals surface area contributed by atoms with Gasteiger partial charge in [0.2, 0.25) is 0 Å². The van der Waals surface area contributed by atoms with Crippen LogP contribution in [0.2, 0.25) is 0 Å². The molecule has 0 spiro atoms. The third-order valence-electron chi connectivity index (χ3n) is 5.09. The van der Waals surface area contributed by atoms with Crippen LogP contribution in [-0.4, -0.2) is 46.8 Å². The van der Waals surface area contributed by atoms with Crippen molar-refractivity contribution in [1.29, 1.82) is 0 Å². The van der Waals surface area contributed by atoms with Crippen molar-refractivity contribution >= 4 is 23.4 Å². The van der Waals surface area contributed by atoms with Gasteiger partial charge >= 0.3 is 18.4 Å². The minimum absolute atomic E-state index is 0.107. The van der Waals surface area contributed by atoms with Gasteiger partial charge in [-0.15, -0.1) is 13.2 Å². The Balaban J connectivity index is 2.23. The van der Waals surface area contributed by atoms with Gasteiger partial charge in [0, 0.05) is 25.4 Å². The van der Waals surface area contributed by atoms with Gasteiger partial charge in [-0.1, -0.05) is 12.1 Å². The Bertz CT molecular complexity index is 1370. The Morgan fingerprint density at radius 2 is 1.86 bits per heavy atom. The van der Waals surface area contributed by atoms with Crippen LogP contribution in [0.3, 0.4) is 0 Å². The van der Waals surface area contributed by atoms with Gasteiger partial charge < -0.3 is 29.6 Å². The van der Waals surface area contributed by atoms with Gasteiger partial charge in [0.1, 0.15) is 17.2 Å². The lowest BCUT2D eigenvalue weighted by atomic mass is 10.0. The highest BCUT2D eigenvalue weighted by molar-refractivity contribution is 6.01. The molecule has 13 heteroatoms. The molecule has 0 bridgehead atoms. The van der Waals surface area contributed by atoms with Crippen LogP contribution in [0.5, 0.6) is 17.2 Å². The van der Waals surface area contributed by atoms with E-state index in [1.54, 1.807) is 6.07 Å². The van der Waals surface area contributed by atoms with Crippen molar-refractivity contribution in [2.75, 3.05) is 18.6 Å². The van der Waals surface area contributed by atoms with Gasteiger partial charge in [0.05, 0.1) is 19.2 Å². The number of aliphatic carboxylic acids is 1. The fourth-order valence-corrected chi connectivity index (χ4v) is 3.41. The molecule has 3 N–H and O–H groups in total. The molecular formula is C24H22F3N3O7. The van der Waals surface area contributed by atoms with E-state index in [9.17, 15) is 32.7 Å². The number of carbonyl (C=O) groups excluding carboxylic acids is 1. The predicted molar refractivity (Wildman–Crippen MR) is 126 cm³/mol.